The number of piperidine rings is 3. The van der Waals surface area contributed by atoms with E-state index in [2.05, 4.69) is 15.5 Å². The van der Waals surface area contributed by atoms with Crippen LogP contribution in [0.4, 0.5) is 5.69 Å². The molecule has 116 valence electrons. The average Bonchev–Trinajstić information content (AvgIpc) is 2.99. The monoisotopic (exact) mass is 299 g/mol. The Morgan fingerprint density at radius 3 is 2.68 bits per heavy atom. The van der Waals surface area contributed by atoms with Crippen LogP contribution in [0, 0.1) is 5.92 Å². The number of benzene rings is 1. The molecule has 2 atom stereocenters. The van der Waals surface area contributed by atoms with Crippen molar-refractivity contribution >= 4 is 17.4 Å². The molecule has 4 aliphatic heterocycles. The van der Waals surface area contributed by atoms with E-state index in [-0.39, 0.29) is 17.7 Å². The third-order valence-electron chi connectivity index (χ3n) is 5.35. The Morgan fingerprint density at radius 1 is 1.18 bits per heavy atom. The topological polar surface area (TPSA) is 61.4 Å². The summed E-state index contributed by atoms with van der Waals surface area (Å²) in [6.45, 7) is 3.67. The molecule has 2 bridgehead atoms. The van der Waals surface area contributed by atoms with Crippen molar-refractivity contribution in [1.82, 2.24) is 10.2 Å². The van der Waals surface area contributed by atoms with Gasteiger partial charge in [0.1, 0.15) is 0 Å². The number of nitrogens with one attached hydrogen (secondary N) is 2. The average molecular weight is 299 g/mol. The first-order valence-electron chi connectivity index (χ1n) is 8.12. The maximum absolute atomic E-state index is 12.5. The van der Waals surface area contributed by atoms with Crippen molar-refractivity contribution in [3.8, 4) is 0 Å². The predicted molar refractivity (Wildman–Crippen MR) is 83.8 cm³/mol. The molecule has 1 aromatic rings. The zero-order valence-corrected chi connectivity index (χ0v) is 12.5. The van der Waals surface area contributed by atoms with Gasteiger partial charge in [-0.2, -0.15) is 0 Å². The lowest BCUT2D eigenvalue weighted by Gasteiger charge is -2.44. The lowest BCUT2D eigenvalue weighted by molar-refractivity contribution is -0.139. The molecule has 5 rings (SSSR count). The van der Waals surface area contributed by atoms with Crippen molar-refractivity contribution in [2.24, 2.45) is 5.92 Å². The number of amides is 1. The van der Waals surface area contributed by atoms with Gasteiger partial charge in [0.05, 0.1) is 5.92 Å². The Hall–Kier alpha value is -1.88. The molecule has 1 unspecified atom stereocenters. The SMILES string of the molecule is O=C(N[C@H]1CN2CCC1CC2)C(=O)C1CNc2ccccc21. The van der Waals surface area contributed by atoms with E-state index >= 15 is 0 Å². The molecule has 3 saturated heterocycles. The molecule has 5 heteroatoms. The van der Waals surface area contributed by atoms with E-state index in [1.165, 1.54) is 0 Å². The number of carbonyl (C=O) groups is 2. The second-order valence-electron chi connectivity index (χ2n) is 6.60. The summed E-state index contributed by atoms with van der Waals surface area (Å²) in [5.41, 5.74) is 1.91. The molecule has 2 N–H and O–H groups in total. The van der Waals surface area contributed by atoms with Gasteiger partial charge in [-0.05, 0) is 43.5 Å². The Labute approximate surface area is 130 Å². The molecule has 4 heterocycles. The fraction of sp³-hybridized carbons (Fsp3) is 0.529. The predicted octanol–water partition coefficient (Wildman–Crippen LogP) is 0.975. The Kier molecular flexibility index (Phi) is 3.37. The number of anilines is 1. The minimum Gasteiger partial charge on any atom is -0.384 e. The number of Topliss-reactive ketones (excluding diaryl/α,β-unsaturated/α-hetero) is 1. The van der Waals surface area contributed by atoms with E-state index in [0.717, 1.165) is 43.7 Å². The molecule has 0 saturated carbocycles. The van der Waals surface area contributed by atoms with Crippen molar-refractivity contribution in [2.45, 2.75) is 24.8 Å². The minimum atomic E-state index is -0.415. The van der Waals surface area contributed by atoms with Crippen molar-refractivity contribution in [1.29, 1.82) is 0 Å². The van der Waals surface area contributed by atoms with Gasteiger partial charge in [-0.3, -0.25) is 9.59 Å². The van der Waals surface area contributed by atoms with Crippen LogP contribution in [0.1, 0.15) is 24.3 Å². The first kappa shape index (κ1) is 13.8. The molecule has 0 aromatic heterocycles. The maximum atomic E-state index is 12.5. The first-order valence-corrected chi connectivity index (χ1v) is 8.12. The number of hydrogen-bond acceptors (Lipinski definition) is 4. The molecular weight excluding hydrogens is 278 g/mol. The molecule has 0 spiro atoms. The summed E-state index contributed by atoms with van der Waals surface area (Å²) in [5.74, 6) is -0.538. The van der Waals surface area contributed by atoms with Crippen LogP contribution in [0.15, 0.2) is 24.3 Å². The minimum absolute atomic E-state index is 0.142. The fourth-order valence-electron chi connectivity index (χ4n) is 4.04. The van der Waals surface area contributed by atoms with Gasteiger partial charge in [0.25, 0.3) is 5.91 Å². The van der Waals surface area contributed by atoms with E-state index in [0.29, 0.717) is 12.5 Å². The summed E-state index contributed by atoms with van der Waals surface area (Å²) < 4.78 is 0. The van der Waals surface area contributed by atoms with Crippen molar-refractivity contribution in [3.63, 3.8) is 0 Å². The second-order valence-corrected chi connectivity index (χ2v) is 6.60. The lowest BCUT2D eigenvalue weighted by atomic mass is 9.84. The highest BCUT2D eigenvalue weighted by molar-refractivity contribution is 6.38. The molecule has 5 nitrogen and oxygen atoms in total. The van der Waals surface area contributed by atoms with Gasteiger partial charge in [-0.1, -0.05) is 18.2 Å². The number of rotatable bonds is 3. The number of para-hydroxylation sites is 1. The third kappa shape index (κ3) is 2.29. The number of carbonyl (C=O) groups excluding carboxylic acids is 2. The normalized spacial score (nSPS) is 32.2. The highest BCUT2D eigenvalue weighted by Gasteiger charge is 2.38. The zero-order chi connectivity index (χ0) is 15.1. The van der Waals surface area contributed by atoms with E-state index < -0.39 is 5.91 Å². The number of fused-ring (bicyclic) bond motifs is 4. The molecule has 22 heavy (non-hydrogen) atoms. The first-order chi connectivity index (χ1) is 10.7. The van der Waals surface area contributed by atoms with Gasteiger partial charge in [0, 0.05) is 24.8 Å². The van der Waals surface area contributed by atoms with Crippen LogP contribution >= 0.6 is 0 Å². The third-order valence-corrected chi connectivity index (χ3v) is 5.35. The summed E-state index contributed by atoms with van der Waals surface area (Å²) >= 11 is 0. The maximum Gasteiger partial charge on any atom is 0.288 e. The molecule has 0 aliphatic carbocycles. The van der Waals surface area contributed by atoms with Gasteiger partial charge in [-0.15, -0.1) is 0 Å². The molecular formula is C17H21N3O2. The molecule has 1 aromatic carbocycles. The standard InChI is InChI=1S/C17H21N3O2/c21-16(13-9-18-14-4-2-1-3-12(13)14)17(22)19-15-10-20-7-5-11(15)6-8-20/h1-4,11,13,15,18H,5-10H2,(H,19,22)/t13?,15-/m0/s1. The lowest BCUT2D eigenvalue weighted by Crippen LogP contribution is -2.58. The fourth-order valence-corrected chi connectivity index (χ4v) is 4.04. The smallest absolute Gasteiger partial charge is 0.288 e. The van der Waals surface area contributed by atoms with E-state index in [4.69, 9.17) is 0 Å². The second kappa shape index (κ2) is 5.39. The Balaban J connectivity index is 1.44. The highest BCUT2D eigenvalue weighted by atomic mass is 16.2. The molecule has 3 fully saturated rings. The molecule has 4 aliphatic rings. The number of nitrogens with zero attached hydrogens (tertiary/aromatic N) is 1. The summed E-state index contributed by atoms with van der Waals surface area (Å²) in [5, 5.41) is 6.21. The van der Waals surface area contributed by atoms with Crippen LogP contribution in [-0.2, 0) is 9.59 Å². The quantitative estimate of drug-likeness (QED) is 0.817. The summed E-state index contributed by atoms with van der Waals surface area (Å²) in [7, 11) is 0. The number of ketones is 1. The Bertz CT molecular complexity index is 608. The van der Waals surface area contributed by atoms with Crippen molar-refractivity contribution in [2.75, 3.05) is 31.5 Å². The van der Waals surface area contributed by atoms with Crippen LogP contribution in [0.5, 0.6) is 0 Å². The highest BCUT2D eigenvalue weighted by Crippen LogP contribution is 2.32. The summed E-state index contributed by atoms with van der Waals surface area (Å²) in [6.07, 6.45) is 2.26. The van der Waals surface area contributed by atoms with Crippen LogP contribution < -0.4 is 10.6 Å². The van der Waals surface area contributed by atoms with Crippen molar-refractivity contribution in [3.05, 3.63) is 29.8 Å². The van der Waals surface area contributed by atoms with Crippen LogP contribution in [0.25, 0.3) is 0 Å². The van der Waals surface area contributed by atoms with Crippen LogP contribution in [0.3, 0.4) is 0 Å². The number of hydrogen-bond donors (Lipinski definition) is 2. The van der Waals surface area contributed by atoms with Crippen LogP contribution in [0.2, 0.25) is 0 Å². The largest absolute Gasteiger partial charge is 0.384 e. The van der Waals surface area contributed by atoms with Gasteiger partial charge >= 0.3 is 0 Å². The van der Waals surface area contributed by atoms with Gasteiger partial charge in [0.15, 0.2) is 0 Å². The van der Waals surface area contributed by atoms with Crippen molar-refractivity contribution < 1.29 is 9.59 Å². The summed E-state index contributed by atoms with van der Waals surface area (Å²) in [6, 6.07) is 7.88. The molecule has 1 amide bonds. The zero-order valence-electron chi connectivity index (χ0n) is 12.5. The van der Waals surface area contributed by atoms with Crippen LogP contribution in [-0.4, -0.2) is 48.8 Å². The van der Waals surface area contributed by atoms with E-state index in [9.17, 15) is 9.59 Å². The van der Waals surface area contributed by atoms with Gasteiger partial charge < -0.3 is 15.5 Å². The van der Waals surface area contributed by atoms with E-state index in [1.807, 2.05) is 24.3 Å². The van der Waals surface area contributed by atoms with Gasteiger partial charge in [0.2, 0.25) is 5.78 Å². The molecule has 0 radical (unpaired) electrons. The summed E-state index contributed by atoms with van der Waals surface area (Å²) in [4.78, 5) is 27.3. The Morgan fingerprint density at radius 2 is 1.95 bits per heavy atom. The van der Waals surface area contributed by atoms with E-state index in [1.54, 1.807) is 0 Å². The van der Waals surface area contributed by atoms with Gasteiger partial charge in [-0.25, -0.2) is 0 Å².